The number of ether oxygens (including phenoxy) is 1. The van der Waals surface area contributed by atoms with Crippen LogP contribution in [-0.4, -0.2) is 37.5 Å². The van der Waals surface area contributed by atoms with Gasteiger partial charge in [-0.3, -0.25) is 9.59 Å². The van der Waals surface area contributed by atoms with Crippen molar-refractivity contribution in [3.8, 4) is 0 Å². The molecule has 2 aromatic heterocycles. The predicted molar refractivity (Wildman–Crippen MR) is 77.8 cm³/mol. The first-order valence-corrected chi connectivity index (χ1v) is 7.53. The van der Waals surface area contributed by atoms with Crippen LogP contribution in [-0.2, 0) is 9.53 Å². The second-order valence-corrected chi connectivity index (χ2v) is 6.40. The van der Waals surface area contributed by atoms with E-state index in [1.54, 1.807) is 30.2 Å². The molecule has 0 aliphatic carbocycles. The van der Waals surface area contributed by atoms with Gasteiger partial charge in [-0.1, -0.05) is 6.92 Å². The number of carbonyl (C=O) groups is 2. The predicted octanol–water partition coefficient (Wildman–Crippen LogP) is 2.84. The van der Waals surface area contributed by atoms with Gasteiger partial charge in [-0.15, -0.1) is 22.7 Å². The zero-order valence-electron chi connectivity index (χ0n) is 11.0. The lowest BCUT2D eigenvalue weighted by atomic mass is 10.2. The number of thiophene rings is 2. The number of nitrogens with zero attached hydrogens (tertiary/aromatic N) is 1. The molecule has 2 rings (SSSR count). The van der Waals surface area contributed by atoms with Crippen molar-refractivity contribution in [3.05, 3.63) is 22.4 Å². The average molecular weight is 297 g/mol. The fourth-order valence-electron chi connectivity index (χ4n) is 1.83. The molecule has 2 aromatic rings. The Bertz CT molecular complexity index is 573. The van der Waals surface area contributed by atoms with Gasteiger partial charge in [-0.05, 0) is 17.5 Å². The van der Waals surface area contributed by atoms with Crippen molar-refractivity contribution in [2.45, 2.75) is 6.92 Å². The van der Waals surface area contributed by atoms with Gasteiger partial charge in [0.15, 0.2) is 0 Å². The van der Waals surface area contributed by atoms with Gasteiger partial charge in [0.1, 0.15) is 0 Å². The van der Waals surface area contributed by atoms with E-state index in [-0.39, 0.29) is 17.8 Å². The van der Waals surface area contributed by atoms with E-state index in [0.717, 1.165) is 9.40 Å². The molecule has 6 heteroatoms. The number of fused-ring (bicyclic) bond motifs is 1. The third kappa shape index (κ3) is 2.96. The lowest BCUT2D eigenvalue weighted by molar-refractivity contribution is -0.145. The Labute approximate surface area is 119 Å². The minimum Gasteiger partial charge on any atom is -0.469 e. The Morgan fingerprint density at radius 1 is 1.42 bits per heavy atom. The van der Waals surface area contributed by atoms with Crippen molar-refractivity contribution < 1.29 is 14.3 Å². The molecule has 1 atom stereocenters. The SMILES string of the molecule is COC(=O)C(C)CN(C)C(=O)c1cc2sccc2s1. The minimum absolute atomic E-state index is 0.0517. The summed E-state index contributed by atoms with van der Waals surface area (Å²) in [7, 11) is 3.06. The van der Waals surface area contributed by atoms with Crippen molar-refractivity contribution in [1.29, 1.82) is 0 Å². The quantitative estimate of drug-likeness (QED) is 0.815. The highest BCUT2D eigenvalue weighted by Gasteiger charge is 2.21. The molecule has 4 nitrogen and oxygen atoms in total. The summed E-state index contributed by atoms with van der Waals surface area (Å²) in [4.78, 5) is 25.9. The zero-order valence-corrected chi connectivity index (χ0v) is 12.6. The molecule has 19 heavy (non-hydrogen) atoms. The number of methoxy groups -OCH3 is 1. The van der Waals surface area contributed by atoms with Crippen LogP contribution < -0.4 is 0 Å². The van der Waals surface area contributed by atoms with E-state index in [4.69, 9.17) is 0 Å². The lowest BCUT2D eigenvalue weighted by Gasteiger charge is -2.19. The molecular formula is C13H15NO3S2. The van der Waals surface area contributed by atoms with Crippen molar-refractivity contribution in [1.82, 2.24) is 4.90 Å². The Morgan fingerprint density at radius 3 is 2.79 bits per heavy atom. The number of hydrogen-bond acceptors (Lipinski definition) is 5. The van der Waals surface area contributed by atoms with Gasteiger partial charge < -0.3 is 9.64 Å². The Morgan fingerprint density at radius 2 is 2.16 bits per heavy atom. The van der Waals surface area contributed by atoms with E-state index in [0.29, 0.717) is 11.4 Å². The van der Waals surface area contributed by atoms with E-state index in [1.165, 1.54) is 18.4 Å². The number of esters is 1. The highest BCUT2D eigenvalue weighted by molar-refractivity contribution is 7.27. The van der Waals surface area contributed by atoms with Gasteiger partial charge in [0.05, 0.1) is 17.9 Å². The molecule has 0 aliphatic heterocycles. The van der Waals surface area contributed by atoms with E-state index in [9.17, 15) is 9.59 Å². The fourth-order valence-corrected chi connectivity index (χ4v) is 3.93. The first-order chi connectivity index (χ1) is 9.02. The highest BCUT2D eigenvalue weighted by atomic mass is 32.1. The normalized spacial score (nSPS) is 12.4. The molecule has 0 saturated carbocycles. The molecule has 0 N–H and O–H groups in total. The van der Waals surface area contributed by atoms with Crippen LogP contribution >= 0.6 is 22.7 Å². The molecular weight excluding hydrogens is 282 g/mol. The summed E-state index contributed by atoms with van der Waals surface area (Å²) in [6.07, 6.45) is 0. The number of hydrogen-bond donors (Lipinski definition) is 0. The first kappa shape index (κ1) is 14.0. The van der Waals surface area contributed by atoms with Gasteiger partial charge in [0.25, 0.3) is 5.91 Å². The summed E-state index contributed by atoms with van der Waals surface area (Å²) in [5.74, 6) is -0.670. The van der Waals surface area contributed by atoms with Crippen LogP contribution in [0.2, 0.25) is 0 Å². The smallest absolute Gasteiger partial charge is 0.310 e. The summed E-state index contributed by atoms with van der Waals surface area (Å²) < 4.78 is 6.92. The van der Waals surface area contributed by atoms with Crippen molar-refractivity contribution in [2.75, 3.05) is 20.7 Å². The van der Waals surface area contributed by atoms with E-state index >= 15 is 0 Å². The van der Waals surface area contributed by atoms with Crippen LogP contribution in [0.3, 0.4) is 0 Å². The van der Waals surface area contributed by atoms with E-state index in [1.807, 2.05) is 17.5 Å². The molecule has 1 unspecified atom stereocenters. The molecule has 0 radical (unpaired) electrons. The van der Waals surface area contributed by atoms with E-state index in [2.05, 4.69) is 4.74 Å². The van der Waals surface area contributed by atoms with Crippen LogP contribution in [0.4, 0.5) is 0 Å². The largest absolute Gasteiger partial charge is 0.469 e. The summed E-state index contributed by atoms with van der Waals surface area (Å²) in [6, 6.07) is 3.92. The molecule has 0 saturated heterocycles. The van der Waals surface area contributed by atoms with Crippen molar-refractivity contribution in [2.24, 2.45) is 5.92 Å². The first-order valence-electron chi connectivity index (χ1n) is 5.83. The van der Waals surface area contributed by atoms with Gasteiger partial charge in [0, 0.05) is 23.0 Å². The van der Waals surface area contributed by atoms with Crippen molar-refractivity contribution >= 4 is 43.9 Å². The molecule has 102 valence electrons. The topological polar surface area (TPSA) is 46.6 Å². The second kappa shape index (κ2) is 5.71. The Hall–Kier alpha value is -1.40. The molecule has 0 bridgehead atoms. The second-order valence-electron chi connectivity index (χ2n) is 4.37. The summed E-state index contributed by atoms with van der Waals surface area (Å²) >= 11 is 3.11. The summed E-state index contributed by atoms with van der Waals surface area (Å²) in [5.41, 5.74) is 0. The fraction of sp³-hybridized carbons (Fsp3) is 0.385. The third-order valence-electron chi connectivity index (χ3n) is 2.85. The number of amides is 1. The Kier molecular flexibility index (Phi) is 4.21. The standard InChI is InChI=1S/C13H15NO3S2/c1-8(13(16)17-3)7-14(2)12(15)11-6-10-9(19-11)4-5-18-10/h4-6,8H,7H2,1-3H3. The maximum atomic E-state index is 12.2. The lowest BCUT2D eigenvalue weighted by Crippen LogP contribution is -2.33. The third-order valence-corrected chi connectivity index (χ3v) is 4.93. The molecule has 0 fully saturated rings. The number of carbonyl (C=O) groups excluding carboxylic acids is 2. The highest BCUT2D eigenvalue weighted by Crippen LogP contribution is 2.30. The maximum absolute atomic E-state index is 12.2. The van der Waals surface area contributed by atoms with Crippen LogP contribution in [0.25, 0.3) is 9.40 Å². The molecule has 1 amide bonds. The van der Waals surface area contributed by atoms with Crippen LogP contribution in [0.1, 0.15) is 16.6 Å². The maximum Gasteiger partial charge on any atom is 0.310 e. The molecule has 0 aromatic carbocycles. The van der Waals surface area contributed by atoms with Gasteiger partial charge >= 0.3 is 5.97 Å². The van der Waals surface area contributed by atoms with Crippen LogP contribution in [0.15, 0.2) is 17.5 Å². The van der Waals surface area contributed by atoms with Crippen LogP contribution in [0, 0.1) is 5.92 Å². The van der Waals surface area contributed by atoms with Crippen LogP contribution in [0.5, 0.6) is 0 Å². The van der Waals surface area contributed by atoms with Gasteiger partial charge in [0.2, 0.25) is 0 Å². The number of rotatable bonds is 4. The zero-order chi connectivity index (χ0) is 14.0. The minimum atomic E-state index is -0.319. The Balaban J connectivity index is 2.06. The molecule has 0 aliphatic rings. The van der Waals surface area contributed by atoms with E-state index < -0.39 is 0 Å². The molecule has 0 spiro atoms. The monoisotopic (exact) mass is 297 g/mol. The van der Waals surface area contributed by atoms with Gasteiger partial charge in [-0.25, -0.2) is 0 Å². The van der Waals surface area contributed by atoms with Gasteiger partial charge in [-0.2, -0.15) is 0 Å². The summed E-state index contributed by atoms with van der Waals surface area (Å²) in [5, 5.41) is 2.01. The molecule has 2 heterocycles. The summed E-state index contributed by atoms with van der Waals surface area (Å²) in [6.45, 7) is 2.11. The van der Waals surface area contributed by atoms with Crippen molar-refractivity contribution in [3.63, 3.8) is 0 Å². The average Bonchev–Trinajstić information content (AvgIpc) is 2.97.